The van der Waals surface area contributed by atoms with Crippen molar-refractivity contribution in [3.8, 4) is 0 Å². The molecule has 0 aliphatic heterocycles. The van der Waals surface area contributed by atoms with Gasteiger partial charge in [0.2, 0.25) is 0 Å². The molecule has 0 saturated heterocycles. The summed E-state index contributed by atoms with van der Waals surface area (Å²) in [5.74, 6) is 0. The number of rotatable bonds is 13. The fraction of sp³-hybridized carbons (Fsp3) is 0.684. The molecule has 0 atom stereocenters. The van der Waals surface area contributed by atoms with E-state index in [-0.39, 0.29) is 13.2 Å². The van der Waals surface area contributed by atoms with E-state index in [9.17, 15) is 10.2 Å². The molecule has 3 nitrogen and oxygen atoms in total. The van der Waals surface area contributed by atoms with Gasteiger partial charge in [0.1, 0.15) is 19.6 Å². The van der Waals surface area contributed by atoms with Crippen molar-refractivity contribution in [3.63, 3.8) is 0 Å². The first kappa shape index (κ1) is 19.1. The van der Waals surface area contributed by atoms with Crippen LogP contribution in [0.2, 0.25) is 0 Å². The van der Waals surface area contributed by atoms with Crippen molar-refractivity contribution < 1.29 is 14.7 Å². The fourth-order valence-corrected chi connectivity index (χ4v) is 3.20. The number of aliphatic hydroxyl groups is 2. The largest absolute Gasteiger partial charge is 0.391 e. The highest BCUT2D eigenvalue weighted by atomic mass is 16.3. The Morgan fingerprint density at radius 1 is 0.773 bits per heavy atom. The van der Waals surface area contributed by atoms with Gasteiger partial charge < -0.3 is 14.7 Å². The lowest BCUT2D eigenvalue weighted by Crippen LogP contribution is -2.51. The third-order valence-electron chi connectivity index (χ3n) is 4.50. The molecule has 0 amide bonds. The highest BCUT2D eigenvalue weighted by Gasteiger charge is 2.26. The molecule has 0 spiro atoms. The van der Waals surface area contributed by atoms with Gasteiger partial charge in [0, 0.05) is 5.56 Å². The molecule has 1 aromatic carbocycles. The van der Waals surface area contributed by atoms with Crippen molar-refractivity contribution in [2.45, 2.75) is 52.0 Å². The maximum Gasteiger partial charge on any atom is 0.104 e. The summed E-state index contributed by atoms with van der Waals surface area (Å²) in [5.41, 5.74) is 1.29. The van der Waals surface area contributed by atoms with Crippen LogP contribution >= 0.6 is 0 Å². The van der Waals surface area contributed by atoms with E-state index in [1.165, 1.54) is 44.1 Å². The fourth-order valence-electron chi connectivity index (χ4n) is 3.20. The van der Waals surface area contributed by atoms with Gasteiger partial charge in [-0.05, 0) is 12.8 Å². The van der Waals surface area contributed by atoms with E-state index in [1.807, 2.05) is 6.07 Å². The topological polar surface area (TPSA) is 40.5 Å². The lowest BCUT2D eigenvalue weighted by molar-refractivity contribution is -0.941. The van der Waals surface area contributed by atoms with E-state index in [0.717, 1.165) is 30.7 Å². The van der Waals surface area contributed by atoms with E-state index < -0.39 is 0 Å². The number of nitrogens with zero attached hydrogens (tertiary/aromatic N) is 1. The molecule has 0 saturated carbocycles. The van der Waals surface area contributed by atoms with Crippen LogP contribution < -0.4 is 0 Å². The average molecular weight is 308 g/mol. The van der Waals surface area contributed by atoms with Crippen LogP contribution in [0.25, 0.3) is 0 Å². The van der Waals surface area contributed by atoms with Crippen LogP contribution in [0.5, 0.6) is 0 Å². The predicted octanol–water partition coefficient (Wildman–Crippen LogP) is 3.35. The van der Waals surface area contributed by atoms with Gasteiger partial charge in [-0.2, -0.15) is 0 Å². The molecule has 0 aliphatic rings. The van der Waals surface area contributed by atoms with E-state index >= 15 is 0 Å². The van der Waals surface area contributed by atoms with E-state index in [1.54, 1.807) is 0 Å². The maximum absolute atomic E-state index is 9.48. The van der Waals surface area contributed by atoms with Crippen molar-refractivity contribution >= 4 is 0 Å². The van der Waals surface area contributed by atoms with Gasteiger partial charge in [-0.15, -0.1) is 0 Å². The molecule has 1 aromatic rings. The van der Waals surface area contributed by atoms with E-state index in [0.29, 0.717) is 0 Å². The third-order valence-corrected chi connectivity index (χ3v) is 4.50. The first-order valence-corrected chi connectivity index (χ1v) is 8.87. The van der Waals surface area contributed by atoms with Crippen molar-refractivity contribution in [1.29, 1.82) is 0 Å². The second-order valence-electron chi connectivity index (χ2n) is 6.37. The van der Waals surface area contributed by atoms with Crippen LogP contribution in [-0.2, 0) is 6.54 Å². The molecular formula is C19H34NO2+. The van der Waals surface area contributed by atoms with Crippen LogP contribution in [-0.4, -0.2) is 47.5 Å². The Morgan fingerprint density at radius 2 is 1.36 bits per heavy atom. The van der Waals surface area contributed by atoms with Crippen LogP contribution in [0.1, 0.15) is 51.0 Å². The molecule has 126 valence electrons. The Bertz CT molecular complexity index is 361. The van der Waals surface area contributed by atoms with Gasteiger partial charge in [-0.1, -0.05) is 62.9 Å². The zero-order valence-corrected chi connectivity index (χ0v) is 14.2. The Balaban J connectivity index is 2.56. The lowest BCUT2D eigenvalue weighted by atomic mass is 10.1. The third kappa shape index (κ3) is 7.39. The highest BCUT2D eigenvalue weighted by Crippen LogP contribution is 2.17. The van der Waals surface area contributed by atoms with Crippen LogP contribution in [0.15, 0.2) is 30.3 Å². The molecular weight excluding hydrogens is 274 g/mol. The minimum Gasteiger partial charge on any atom is -0.391 e. The first-order valence-electron chi connectivity index (χ1n) is 8.87. The monoisotopic (exact) mass is 308 g/mol. The summed E-state index contributed by atoms with van der Waals surface area (Å²) in [6, 6.07) is 10.4. The Labute approximate surface area is 136 Å². The summed E-state index contributed by atoms with van der Waals surface area (Å²) in [7, 11) is 0. The molecule has 0 heterocycles. The van der Waals surface area contributed by atoms with Crippen LogP contribution in [0, 0.1) is 0 Å². The van der Waals surface area contributed by atoms with Gasteiger partial charge in [-0.3, -0.25) is 0 Å². The SMILES string of the molecule is CCCCCCCC[N+](CCO)(CCO)Cc1ccccc1. The van der Waals surface area contributed by atoms with Gasteiger partial charge >= 0.3 is 0 Å². The number of quaternary nitrogens is 1. The number of aliphatic hydroxyl groups excluding tert-OH is 2. The zero-order chi connectivity index (χ0) is 16.1. The van der Waals surface area contributed by atoms with Crippen molar-refractivity contribution in [3.05, 3.63) is 35.9 Å². The van der Waals surface area contributed by atoms with Crippen molar-refractivity contribution in [1.82, 2.24) is 0 Å². The Hall–Kier alpha value is -0.900. The number of benzene rings is 1. The first-order chi connectivity index (χ1) is 10.8. The molecule has 3 heteroatoms. The quantitative estimate of drug-likeness (QED) is 0.433. The van der Waals surface area contributed by atoms with E-state index in [4.69, 9.17) is 0 Å². The maximum atomic E-state index is 9.48. The summed E-state index contributed by atoms with van der Waals surface area (Å²) in [6.07, 6.45) is 7.68. The van der Waals surface area contributed by atoms with Crippen LogP contribution in [0.3, 0.4) is 0 Å². The van der Waals surface area contributed by atoms with Crippen LogP contribution in [0.4, 0.5) is 0 Å². The zero-order valence-electron chi connectivity index (χ0n) is 14.2. The van der Waals surface area contributed by atoms with Crippen molar-refractivity contribution in [2.75, 3.05) is 32.8 Å². The molecule has 0 fully saturated rings. The molecule has 0 radical (unpaired) electrons. The standard InChI is InChI=1S/C19H34NO2/c1-2-3-4-5-6-10-13-20(14-16-21,15-17-22)18-19-11-8-7-9-12-19/h7-9,11-12,21-22H,2-6,10,13-18H2,1H3/q+1. The number of hydrogen-bond acceptors (Lipinski definition) is 2. The molecule has 1 rings (SSSR count). The Kier molecular flexibility index (Phi) is 10.1. The predicted molar refractivity (Wildman–Crippen MR) is 92.6 cm³/mol. The molecule has 0 bridgehead atoms. The highest BCUT2D eigenvalue weighted by molar-refractivity contribution is 5.13. The smallest absolute Gasteiger partial charge is 0.104 e. The summed E-state index contributed by atoms with van der Waals surface area (Å²) >= 11 is 0. The summed E-state index contributed by atoms with van der Waals surface area (Å²) in [6.45, 7) is 6.00. The second kappa shape index (κ2) is 11.6. The lowest BCUT2D eigenvalue weighted by Gasteiger charge is -2.38. The molecule has 0 unspecified atom stereocenters. The summed E-state index contributed by atoms with van der Waals surface area (Å²) in [4.78, 5) is 0. The van der Waals surface area contributed by atoms with Gasteiger partial charge in [0.25, 0.3) is 0 Å². The number of hydrogen-bond donors (Lipinski definition) is 2. The summed E-state index contributed by atoms with van der Waals surface area (Å²) < 4.78 is 0.796. The minimum absolute atomic E-state index is 0.183. The minimum atomic E-state index is 0.183. The molecule has 22 heavy (non-hydrogen) atoms. The van der Waals surface area contributed by atoms with Crippen molar-refractivity contribution in [2.24, 2.45) is 0 Å². The van der Waals surface area contributed by atoms with Gasteiger partial charge in [0.15, 0.2) is 0 Å². The normalized spacial score (nSPS) is 11.8. The molecule has 2 N–H and O–H groups in total. The molecule has 0 aliphatic carbocycles. The molecule has 0 aromatic heterocycles. The van der Waals surface area contributed by atoms with Gasteiger partial charge in [0.05, 0.1) is 19.8 Å². The second-order valence-corrected chi connectivity index (χ2v) is 6.37. The average Bonchev–Trinajstić information content (AvgIpc) is 2.52. The summed E-state index contributed by atoms with van der Waals surface area (Å²) in [5, 5.41) is 19.0. The van der Waals surface area contributed by atoms with E-state index in [2.05, 4.69) is 31.2 Å². The number of unbranched alkanes of at least 4 members (excludes halogenated alkanes) is 5. The Morgan fingerprint density at radius 3 is 1.95 bits per heavy atom. The van der Waals surface area contributed by atoms with Gasteiger partial charge in [-0.25, -0.2) is 0 Å².